The molecule has 1 spiro atoms. The van der Waals surface area contributed by atoms with Crippen LogP contribution in [0.4, 0.5) is 0 Å². The fourth-order valence-corrected chi connectivity index (χ4v) is 4.96. The van der Waals surface area contributed by atoms with Gasteiger partial charge >= 0.3 is 0 Å². The molecule has 1 saturated heterocycles. The van der Waals surface area contributed by atoms with Gasteiger partial charge in [0.15, 0.2) is 0 Å². The second-order valence-corrected chi connectivity index (χ2v) is 7.36. The first-order valence-corrected chi connectivity index (χ1v) is 8.68. The zero-order valence-corrected chi connectivity index (χ0v) is 12.5. The van der Waals surface area contributed by atoms with E-state index in [1.165, 1.54) is 64.5 Å². The van der Waals surface area contributed by atoms with E-state index in [0.29, 0.717) is 5.41 Å². The average molecular weight is 269 g/mol. The van der Waals surface area contributed by atoms with Crippen molar-refractivity contribution < 1.29 is 0 Å². The predicted octanol–water partition coefficient (Wildman–Crippen LogP) is 4.06. The summed E-state index contributed by atoms with van der Waals surface area (Å²) in [6.07, 6.45) is 11.5. The first-order chi connectivity index (χ1) is 9.88. The van der Waals surface area contributed by atoms with Crippen LogP contribution in [0.5, 0.6) is 0 Å². The maximum atomic E-state index is 3.57. The normalized spacial score (nSPS) is 35.8. The van der Waals surface area contributed by atoms with Crippen LogP contribution in [-0.4, -0.2) is 13.1 Å². The van der Waals surface area contributed by atoms with Crippen LogP contribution in [0.25, 0.3) is 0 Å². The second-order valence-electron chi connectivity index (χ2n) is 7.36. The Bertz CT molecular complexity index is 474. The first kappa shape index (κ1) is 12.9. The van der Waals surface area contributed by atoms with E-state index >= 15 is 0 Å². The van der Waals surface area contributed by atoms with Gasteiger partial charge in [-0.05, 0) is 92.8 Å². The second kappa shape index (κ2) is 5.18. The minimum atomic E-state index is 0.608. The van der Waals surface area contributed by atoms with Gasteiger partial charge in [-0.2, -0.15) is 0 Å². The third-order valence-electron chi connectivity index (χ3n) is 6.18. The molecule has 2 aliphatic carbocycles. The summed E-state index contributed by atoms with van der Waals surface area (Å²) in [5, 5.41) is 3.57. The molecule has 3 atom stereocenters. The van der Waals surface area contributed by atoms with Crippen molar-refractivity contribution in [2.24, 2.45) is 11.8 Å². The molecule has 4 rings (SSSR count). The fourth-order valence-electron chi connectivity index (χ4n) is 4.96. The van der Waals surface area contributed by atoms with Crippen molar-refractivity contribution >= 4 is 0 Å². The molecule has 1 heterocycles. The third-order valence-corrected chi connectivity index (χ3v) is 6.18. The molecule has 1 N–H and O–H groups in total. The predicted molar refractivity (Wildman–Crippen MR) is 84.0 cm³/mol. The van der Waals surface area contributed by atoms with E-state index in [1.54, 1.807) is 11.1 Å². The van der Waals surface area contributed by atoms with E-state index in [9.17, 15) is 0 Å². The number of hydrogen-bond acceptors (Lipinski definition) is 1. The molecule has 20 heavy (non-hydrogen) atoms. The molecule has 108 valence electrons. The first-order valence-electron chi connectivity index (χ1n) is 8.68. The lowest BCUT2D eigenvalue weighted by molar-refractivity contribution is 0.336. The number of piperidine rings is 1. The summed E-state index contributed by atoms with van der Waals surface area (Å²) in [5.74, 6) is 1.95. The van der Waals surface area contributed by atoms with Gasteiger partial charge in [0, 0.05) is 0 Å². The standard InChI is InChI=1S/C19H27N/c1-2-8-18-16(6-1)7-3-11-19(18)13-17(19)10-9-15-5-4-12-20-14-15/h1-2,6,8,15,17,20H,3-5,7,9-14H2. The molecular formula is C19H27N. The molecule has 0 bridgehead atoms. The molecule has 1 aromatic carbocycles. The number of aryl methyl sites for hydroxylation is 1. The molecule has 0 radical (unpaired) electrons. The Morgan fingerprint density at radius 3 is 3.00 bits per heavy atom. The molecule has 0 aromatic heterocycles. The Balaban J connectivity index is 1.41. The van der Waals surface area contributed by atoms with Crippen molar-refractivity contribution in [2.45, 2.75) is 56.8 Å². The van der Waals surface area contributed by atoms with Crippen LogP contribution in [0.1, 0.15) is 56.1 Å². The van der Waals surface area contributed by atoms with E-state index in [2.05, 4.69) is 29.6 Å². The highest BCUT2D eigenvalue weighted by molar-refractivity contribution is 5.42. The minimum absolute atomic E-state index is 0.608. The number of benzene rings is 1. The molecule has 3 aliphatic rings. The van der Waals surface area contributed by atoms with E-state index in [4.69, 9.17) is 0 Å². The number of hydrogen-bond donors (Lipinski definition) is 1. The lowest BCUT2D eigenvalue weighted by Gasteiger charge is -2.27. The van der Waals surface area contributed by atoms with E-state index in [-0.39, 0.29) is 0 Å². The van der Waals surface area contributed by atoms with Crippen LogP contribution in [0.15, 0.2) is 24.3 Å². The van der Waals surface area contributed by atoms with Gasteiger partial charge in [0.05, 0.1) is 0 Å². The Kier molecular flexibility index (Phi) is 3.34. The summed E-state index contributed by atoms with van der Waals surface area (Å²) in [6, 6.07) is 9.28. The van der Waals surface area contributed by atoms with Crippen LogP contribution in [0.2, 0.25) is 0 Å². The SMILES string of the molecule is c1ccc2c(c1)CCCC21CC1CCC1CCCNC1. The summed E-state index contributed by atoms with van der Waals surface area (Å²) >= 11 is 0. The van der Waals surface area contributed by atoms with Gasteiger partial charge < -0.3 is 5.32 Å². The number of nitrogens with one attached hydrogen (secondary N) is 1. The smallest absolute Gasteiger partial charge is 0.00126 e. The maximum absolute atomic E-state index is 3.57. The van der Waals surface area contributed by atoms with Crippen molar-refractivity contribution in [3.8, 4) is 0 Å². The van der Waals surface area contributed by atoms with Crippen LogP contribution >= 0.6 is 0 Å². The van der Waals surface area contributed by atoms with Gasteiger partial charge in [-0.3, -0.25) is 0 Å². The van der Waals surface area contributed by atoms with Gasteiger partial charge in [0.25, 0.3) is 0 Å². The van der Waals surface area contributed by atoms with Crippen LogP contribution in [-0.2, 0) is 11.8 Å². The summed E-state index contributed by atoms with van der Waals surface area (Å²) < 4.78 is 0. The van der Waals surface area contributed by atoms with E-state index < -0.39 is 0 Å². The highest BCUT2D eigenvalue weighted by atomic mass is 14.9. The average Bonchev–Trinajstić information content (AvgIpc) is 3.20. The quantitative estimate of drug-likeness (QED) is 0.872. The molecule has 3 unspecified atom stereocenters. The Labute approximate surface area is 123 Å². The van der Waals surface area contributed by atoms with Gasteiger partial charge in [-0.25, -0.2) is 0 Å². The molecule has 1 aromatic rings. The highest BCUT2D eigenvalue weighted by Gasteiger charge is 2.55. The van der Waals surface area contributed by atoms with Gasteiger partial charge in [-0.15, -0.1) is 0 Å². The van der Waals surface area contributed by atoms with Crippen molar-refractivity contribution in [1.29, 1.82) is 0 Å². The van der Waals surface area contributed by atoms with Gasteiger partial charge in [0.2, 0.25) is 0 Å². The highest BCUT2D eigenvalue weighted by Crippen LogP contribution is 2.62. The summed E-state index contributed by atoms with van der Waals surface area (Å²) in [7, 11) is 0. The third kappa shape index (κ3) is 2.20. The topological polar surface area (TPSA) is 12.0 Å². The molecule has 1 nitrogen and oxygen atoms in total. The molecule has 0 amide bonds. The van der Waals surface area contributed by atoms with Crippen LogP contribution < -0.4 is 5.32 Å². The Morgan fingerprint density at radius 1 is 1.15 bits per heavy atom. The lowest BCUT2D eigenvalue weighted by Crippen LogP contribution is -2.29. The number of fused-ring (bicyclic) bond motifs is 2. The minimum Gasteiger partial charge on any atom is -0.316 e. The molecular weight excluding hydrogens is 242 g/mol. The number of rotatable bonds is 3. The van der Waals surface area contributed by atoms with E-state index in [0.717, 1.165) is 11.8 Å². The summed E-state index contributed by atoms with van der Waals surface area (Å²) in [4.78, 5) is 0. The van der Waals surface area contributed by atoms with Crippen molar-refractivity contribution in [1.82, 2.24) is 5.32 Å². The Morgan fingerprint density at radius 2 is 2.10 bits per heavy atom. The monoisotopic (exact) mass is 269 g/mol. The maximum Gasteiger partial charge on any atom is -0.00126 e. The van der Waals surface area contributed by atoms with Gasteiger partial charge in [-0.1, -0.05) is 24.3 Å². The zero-order valence-electron chi connectivity index (χ0n) is 12.5. The fraction of sp³-hybridized carbons (Fsp3) is 0.684. The van der Waals surface area contributed by atoms with Gasteiger partial charge in [0.1, 0.15) is 0 Å². The molecule has 2 fully saturated rings. The van der Waals surface area contributed by atoms with Crippen molar-refractivity contribution in [3.63, 3.8) is 0 Å². The van der Waals surface area contributed by atoms with Crippen LogP contribution in [0.3, 0.4) is 0 Å². The molecule has 1 saturated carbocycles. The Hall–Kier alpha value is -0.820. The lowest BCUT2D eigenvalue weighted by atomic mass is 9.78. The van der Waals surface area contributed by atoms with Crippen LogP contribution in [0, 0.1) is 11.8 Å². The summed E-state index contributed by atoms with van der Waals surface area (Å²) in [5.41, 5.74) is 3.98. The van der Waals surface area contributed by atoms with E-state index in [1.807, 2.05) is 0 Å². The largest absolute Gasteiger partial charge is 0.316 e. The zero-order chi connectivity index (χ0) is 13.4. The van der Waals surface area contributed by atoms with Crippen molar-refractivity contribution in [2.75, 3.05) is 13.1 Å². The molecule has 1 heteroatoms. The molecule has 1 aliphatic heterocycles. The van der Waals surface area contributed by atoms with Crippen molar-refractivity contribution in [3.05, 3.63) is 35.4 Å². The summed E-state index contributed by atoms with van der Waals surface area (Å²) in [6.45, 7) is 2.52.